The largest absolute Gasteiger partial charge is 0.493 e. The van der Waals surface area contributed by atoms with Gasteiger partial charge < -0.3 is 19.7 Å². The van der Waals surface area contributed by atoms with E-state index in [0.29, 0.717) is 23.9 Å². The van der Waals surface area contributed by atoms with Crippen LogP contribution in [0.4, 0.5) is 11.5 Å². The molecule has 206 valence electrons. The van der Waals surface area contributed by atoms with Crippen LogP contribution in [0.25, 0.3) is 21.8 Å². The number of hydrogen-bond acceptors (Lipinski definition) is 8. The Hall–Kier alpha value is -4.02. The molecule has 1 aliphatic heterocycles. The Bertz CT molecular complexity index is 1630. The van der Waals surface area contributed by atoms with E-state index in [-0.39, 0.29) is 0 Å². The molecule has 1 fully saturated rings. The van der Waals surface area contributed by atoms with Crippen LogP contribution in [0.15, 0.2) is 73.2 Å². The zero-order valence-corrected chi connectivity index (χ0v) is 23.3. The fourth-order valence-corrected chi connectivity index (χ4v) is 6.12. The SMILES string of the molecule is COc1cc2c(Nc3ccc4c(cnn4Cc4ccccc4)c3)ncnc2cc1OCCCN1CCS(=O)CC1. The summed E-state index contributed by atoms with van der Waals surface area (Å²) in [6.45, 7) is 4.00. The van der Waals surface area contributed by atoms with Gasteiger partial charge in [0.1, 0.15) is 12.1 Å². The Morgan fingerprint density at radius 3 is 2.67 bits per heavy atom. The standard InChI is InChI=1S/C30H32N6O3S/c1-38-28-17-25-26(18-29(28)39-13-5-10-35-11-14-40(37)15-12-35)31-21-32-30(25)34-24-8-9-27-23(16-24)19-33-36(27)20-22-6-3-2-4-7-22/h2-4,6-9,16-19,21H,5,10-15,20H2,1H3,(H,31,32,34). The van der Waals surface area contributed by atoms with E-state index in [1.54, 1.807) is 13.4 Å². The Morgan fingerprint density at radius 1 is 1.00 bits per heavy atom. The Labute approximate surface area is 235 Å². The third kappa shape index (κ3) is 5.93. The predicted octanol–water partition coefficient (Wildman–Crippen LogP) is 4.61. The number of rotatable bonds is 10. The zero-order chi connectivity index (χ0) is 27.3. The lowest BCUT2D eigenvalue weighted by Crippen LogP contribution is -2.38. The zero-order valence-electron chi connectivity index (χ0n) is 22.5. The maximum absolute atomic E-state index is 11.6. The lowest BCUT2D eigenvalue weighted by Gasteiger charge is -2.25. The number of fused-ring (bicyclic) bond motifs is 2. The highest BCUT2D eigenvalue weighted by Crippen LogP contribution is 2.35. The number of methoxy groups -OCH3 is 1. The molecule has 0 amide bonds. The van der Waals surface area contributed by atoms with Crippen molar-refractivity contribution in [2.24, 2.45) is 0 Å². The highest BCUT2D eigenvalue weighted by atomic mass is 32.2. The summed E-state index contributed by atoms with van der Waals surface area (Å²) < 4.78 is 25.3. The molecule has 40 heavy (non-hydrogen) atoms. The molecule has 0 aliphatic carbocycles. The van der Waals surface area contributed by atoms with Crippen LogP contribution in [0, 0.1) is 0 Å². The summed E-state index contributed by atoms with van der Waals surface area (Å²) in [5.74, 6) is 3.51. The van der Waals surface area contributed by atoms with Crippen LogP contribution >= 0.6 is 0 Å². The molecule has 0 unspecified atom stereocenters. The fourth-order valence-electron chi connectivity index (χ4n) is 4.99. The van der Waals surface area contributed by atoms with Gasteiger partial charge in [-0.25, -0.2) is 9.97 Å². The number of nitrogens with one attached hydrogen (secondary N) is 1. The van der Waals surface area contributed by atoms with Crippen LogP contribution < -0.4 is 14.8 Å². The summed E-state index contributed by atoms with van der Waals surface area (Å²) >= 11 is 0. The molecule has 1 aliphatic rings. The van der Waals surface area contributed by atoms with Gasteiger partial charge in [-0.15, -0.1) is 0 Å². The molecule has 2 aromatic heterocycles. The highest BCUT2D eigenvalue weighted by molar-refractivity contribution is 7.85. The third-order valence-electron chi connectivity index (χ3n) is 7.15. The van der Waals surface area contributed by atoms with E-state index >= 15 is 0 Å². The van der Waals surface area contributed by atoms with Gasteiger partial charge in [-0.3, -0.25) is 8.89 Å². The van der Waals surface area contributed by atoms with Crippen molar-refractivity contribution in [3.05, 3.63) is 78.8 Å². The van der Waals surface area contributed by atoms with Gasteiger partial charge in [0, 0.05) is 64.5 Å². The van der Waals surface area contributed by atoms with Crippen molar-refractivity contribution in [2.75, 3.05) is 50.2 Å². The topological polar surface area (TPSA) is 94.4 Å². The van der Waals surface area contributed by atoms with Gasteiger partial charge in [0.25, 0.3) is 0 Å². The first-order chi connectivity index (χ1) is 19.7. The molecule has 0 atom stereocenters. The average molecular weight is 557 g/mol. The van der Waals surface area contributed by atoms with E-state index in [1.165, 1.54) is 5.56 Å². The summed E-state index contributed by atoms with van der Waals surface area (Å²) in [4.78, 5) is 11.3. The number of anilines is 2. The molecule has 3 heterocycles. The van der Waals surface area contributed by atoms with Gasteiger partial charge in [0.05, 0.1) is 37.5 Å². The first kappa shape index (κ1) is 26.2. The molecule has 5 aromatic rings. The second kappa shape index (κ2) is 12.0. The molecule has 3 aromatic carbocycles. The summed E-state index contributed by atoms with van der Waals surface area (Å²) in [5, 5.41) is 9.94. The molecule has 1 N–H and O–H groups in total. The minimum absolute atomic E-state index is 0.565. The Balaban J connectivity index is 1.16. The molecular formula is C30H32N6O3S. The normalized spacial score (nSPS) is 14.5. The van der Waals surface area contributed by atoms with E-state index in [0.717, 1.165) is 71.6 Å². The summed E-state index contributed by atoms with van der Waals surface area (Å²) in [7, 11) is 0.985. The van der Waals surface area contributed by atoms with E-state index in [1.807, 2.05) is 47.3 Å². The second-order valence-corrected chi connectivity index (χ2v) is 11.5. The van der Waals surface area contributed by atoms with Gasteiger partial charge in [-0.1, -0.05) is 30.3 Å². The van der Waals surface area contributed by atoms with E-state index in [9.17, 15) is 4.21 Å². The first-order valence-electron chi connectivity index (χ1n) is 13.5. The molecule has 1 saturated heterocycles. The molecular weight excluding hydrogens is 524 g/mol. The molecule has 0 radical (unpaired) electrons. The van der Waals surface area contributed by atoms with Crippen molar-refractivity contribution in [1.82, 2.24) is 24.6 Å². The van der Waals surface area contributed by atoms with Gasteiger partial charge in [0.2, 0.25) is 0 Å². The number of ether oxygens (including phenoxy) is 2. The first-order valence-corrected chi connectivity index (χ1v) is 14.9. The maximum atomic E-state index is 11.6. The van der Waals surface area contributed by atoms with Crippen LogP contribution in [-0.2, 0) is 17.3 Å². The molecule has 0 saturated carbocycles. The number of nitrogens with zero attached hydrogens (tertiary/aromatic N) is 5. The highest BCUT2D eigenvalue weighted by Gasteiger charge is 2.16. The smallest absolute Gasteiger partial charge is 0.163 e. The summed E-state index contributed by atoms with van der Waals surface area (Å²) in [6.07, 6.45) is 4.33. The van der Waals surface area contributed by atoms with E-state index in [2.05, 4.69) is 49.5 Å². The second-order valence-electron chi connectivity index (χ2n) is 9.82. The number of benzene rings is 3. The predicted molar refractivity (Wildman–Crippen MR) is 159 cm³/mol. The van der Waals surface area contributed by atoms with Crippen molar-refractivity contribution in [2.45, 2.75) is 13.0 Å². The van der Waals surface area contributed by atoms with Crippen molar-refractivity contribution in [3.8, 4) is 11.5 Å². The van der Waals surface area contributed by atoms with E-state index < -0.39 is 10.8 Å². The van der Waals surface area contributed by atoms with Crippen molar-refractivity contribution in [1.29, 1.82) is 0 Å². The molecule has 6 rings (SSSR count). The minimum Gasteiger partial charge on any atom is -0.493 e. The van der Waals surface area contributed by atoms with Crippen molar-refractivity contribution < 1.29 is 13.7 Å². The molecule has 0 spiro atoms. The lowest BCUT2D eigenvalue weighted by molar-refractivity contribution is 0.241. The third-order valence-corrected chi connectivity index (χ3v) is 8.42. The quantitative estimate of drug-likeness (QED) is 0.249. The monoisotopic (exact) mass is 556 g/mol. The Morgan fingerprint density at radius 2 is 1.85 bits per heavy atom. The molecule has 10 heteroatoms. The van der Waals surface area contributed by atoms with Gasteiger partial charge in [0.15, 0.2) is 11.5 Å². The van der Waals surface area contributed by atoms with Gasteiger partial charge in [-0.05, 0) is 36.2 Å². The molecule has 9 nitrogen and oxygen atoms in total. The van der Waals surface area contributed by atoms with Crippen LogP contribution in [0.2, 0.25) is 0 Å². The Kier molecular flexibility index (Phi) is 7.87. The van der Waals surface area contributed by atoms with Crippen LogP contribution in [-0.4, -0.2) is 73.7 Å². The van der Waals surface area contributed by atoms with Crippen LogP contribution in [0.5, 0.6) is 11.5 Å². The van der Waals surface area contributed by atoms with Crippen LogP contribution in [0.3, 0.4) is 0 Å². The maximum Gasteiger partial charge on any atom is 0.163 e. The molecule has 0 bridgehead atoms. The minimum atomic E-state index is -0.654. The van der Waals surface area contributed by atoms with E-state index in [4.69, 9.17) is 9.47 Å². The number of hydrogen-bond donors (Lipinski definition) is 1. The summed E-state index contributed by atoms with van der Waals surface area (Å²) in [6, 6.07) is 20.3. The van der Waals surface area contributed by atoms with Crippen LogP contribution in [0.1, 0.15) is 12.0 Å². The number of aromatic nitrogens is 4. The van der Waals surface area contributed by atoms with Crippen molar-refractivity contribution >= 4 is 44.1 Å². The van der Waals surface area contributed by atoms with Gasteiger partial charge >= 0.3 is 0 Å². The lowest BCUT2D eigenvalue weighted by atomic mass is 10.2. The van der Waals surface area contributed by atoms with Crippen molar-refractivity contribution in [3.63, 3.8) is 0 Å². The average Bonchev–Trinajstić information content (AvgIpc) is 3.38. The van der Waals surface area contributed by atoms with Gasteiger partial charge in [-0.2, -0.15) is 5.10 Å². The summed E-state index contributed by atoms with van der Waals surface area (Å²) in [5.41, 5.74) is 3.96. The fraction of sp³-hybridized carbons (Fsp3) is 0.300.